The van der Waals surface area contributed by atoms with Crippen LogP contribution in [0.4, 0.5) is 0 Å². The van der Waals surface area contributed by atoms with Gasteiger partial charge in [-0.05, 0) is 25.0 Å². The molecule has 1 aliphatic rings. The van der Waals surface area contributed by atoms with Crippen molar-refractivity contribution in [2.45, 2.75) is 18.6 Å². The minimum Gasteiger partial charge on any atom is -0.457 e. The maximum absolute atomic E-state index is 11.7. The minimum atomic E-state index is -1.15. The number of aldehydes is 1. The Balaban J connectivity index is 2.01. The van der Waals surface area contributed by atoms with E-state index < -0.39 is 5.72 Å². The third-order valence-corrected chi connectivity index (χ3v) is 3.53. The van der Waals surface area contributed by atoms with Crippen LogP contribution in [0.1, 0.15) is 12.8 Å². The standard InChI is InChI=1S/C13H12ClN3O2/c14-11-3-1-2-4-12(11)19-13(7-18,10-5-6-10)17-9-15-8-16-17/h1-4,7-10H,5-6H2. The second-order valence-electron chi connectivity index (χ2n) is 4.52. The van der Waals surface area contributed by atoms with E-state index >= 15 is 0 Å². The summed E-state index contributed by atoms with van der Waals surface area (Å²) < 4.78 is 7.37. The molecular formula is C13H12ClN3O2. The van der Waals surface area contributed by atoms with E-state index in [4.69, 9.17) is 16.3 Å². The largest absolute Gasteiger partial charge is 0.457 e. The molecule has 1 heterocycles. The zero-order chi connectivity index (χ0) is 13.3. The summed E-state index contributed by atoms with van der Waals surface area (Å²) in [5, 5.41) is 4.52. The maximum atomic E-state index is 11.7. The Morgan fingerprint density at radius 3 is 2.79 bits per heavy atom. The van der Waals surface area contributed by atoms with Gasteiger partial charge in [-0.25, -0.2) is 9.67 Å². The van der Waals surface area contributed by atoms with Crippen molar-refractivity contribution in [2.75, 3.05) is 0 Å². The van der Waals surface area contributed by atoms with Gasteiger partial charge in [0.15, 0.2) is 6.29 Å². The van der Waals surface area contributed by atoms with E-state index in [0.717, 1.165) is 19.1 Å². The van der Waals surface area contributed by atoms with Gasteiger partial charge >= 0.3 is 0 Å². The molecule has 0 radical (unpaired) electrons. The number of carbonyl (C=O) groups is 1. The SMILES string of the molecule is O=CC(Oc1ccccc1Cl)(C1CC1)n1cncn1. The van der Waals surface area contributed by atoms with Gasteiger partial charge in [0.1, 0.15) is 18.4 Å². The Labute approximate surface area is 115 Å². The highest BCUT2D eigenvalue weighted by Gasteiger charge is 2.50. The van der Waals surface area contributed by atoms with Gasteiger partial charge < -0.3 is 4.74 Å². The van der Waals surface area contributed by atoms with Crippen LogP contribution in [0.5, 0.6) is 5.75 Å². The molecule has 0 N–H and O–H groups in total. The number of benzene rings is 1. The van der Waals surface area contributed by atoms with E-state index in [2.05, 4.69) is 10.1 Å². The van der Waals surface area contributed by atoms with E-state index in [1.807, 2.05) is 12.1 Å². The molecule has 0 spiro atoms. The molecule has 19 heavy (non-hydrogen) atoms. The number of carbonyl (C=O) groups excluding carboxylic acids is 1. The summed E-state index contributed by atoms with van der Waals surface area (Å²) in [7, 11) is 0. The fourth-order valence-corrected chi connectivity index (χ4v) is 2.26. The molecule has 3 rings (SSSR count). The van der Waals surface area contributed by atoms with Crippen molar-refractivity contribution in [2.24, 2.45) is 5.92 Å². The van der Waals surface area contributed by atoms with E-state index in [1.165, 1.54) is 17.3 Å². The lowest BCUT2D eigenvalue weighted by molar-refractivity contribution is -0.134. The van der Waals surface area contributed by atoms with Crippen molar-refractivity contribution < 1.29 is 9.53 Å². The highest BCUT2D eigenvalue weighted by atomic mass is 35.5. The molecule has 1 unspecified atom stereocenters. The number of hydrogen-bond acceptors (Lipinski definition) is 4. The maximum Gasteiger partial charge on any atom is 0.261 e. The van der Waals surface area contributed by atoms with Crippen LogP contribution in [0.15, 0.2) is 36.9 Å². The summed E-state index contributed by atoms with van der Waals surface area (Å²) in [6.07, 6.45) is 5.49. The van der Waals surface area contributed by atoms with Crippen LogP contribution in [0, 0.1) is 5.92 Å². The van der Waals surface area contributed by atoms with Crippen LogP contribution in [0.3, 0.4) is 0 Å². The second kappa shape index (κ2) is 4.66. The molecule has 98 valence electrons. The van der Waals surface area contributed by atoms with Gasteiger partial charge in [0.25, 0.3) is 5.72 Å². The molecule has 2 aromatic rings. The normalized spacial score (nSPS) is 17.7. The van der Waals surface area contributed by atoms with Crippen LogP contribution in [0.2, 0.25) is 5.02 Å². The third kappa shape index (κ3) is 2.10. The predicted molar refractivity (Wildman–Crippen MR) is 68.9 cm³/mol. The number of hydrogen-bond donors (Lipinski definition) is 0. The van der Waals surface area contributed by atoms with E-state index in [9.17, 15) is 4.79 Å². The number of halogens is 1. The van der Waals surface area contributed by atoms with Gasteiger partial charge in [-0.15, -0.1) is 0 Å². The number of rotatable bonds is 5. The summed E-state index contributed by atoms with van der Waals surface area (Å²) in [6, 6.07) is 7.08. The van der Waals surface area contributed by atoms with Gasteiger partial charge in [0.2, 0.25) is 0 Å². The topological polar surface area (TPSA) is 57.0 Å². The number of aromatic nitrogens is 3. The number of para-hydroxylation sites is 1. The molecule has 1 aromatic carbocycles. The zero-order valence-corrected chi connectivity index (χ0v) is 10.8. The lowest BCUT2D eigenvalue weighted by Crippen LogP contribution is -2.44. The lowest BCUT2D eigenvalue weighted by atomic mass is 10.1. The highest BCUT2D eigenvalue weighted by molar-refractivity contribution is 6.32. The van der Waals surface area contributed by atoms with Gasteiger partial charge in [0.05, 0.1) is 5.02 Å². The van der Waals surface area contributed by atoms with Crippen LogP contribution in [-0.2, 0) is 10.5 Å². The smallest absolute Gasteiger partial charge is 0.261 e. The van der Waals surface area contributed by atoms with E-state index in [1.54, 1.807) is 12.1 Å². The molecule has 1 saturated carbocycles. The van der Waals surface area contributed by atoms with Crippen molar-refractivity contribution in [3.05, 3.63) is 41.9 Å². The average molecular weight is 278 g/mol. The third-order valence-electron chi connectivity index (χ3n) is 3.22. The zero-order valence-electron chi connectivity index (χ0n) is 10.1. The first kappa shape index (κ1) is 12.2. The van der Waals surface area contributed by atoms with Crippen molar-refractivity contribution in [1.29, 1.82) is 0 Å². The number of ether oxygens (including phenoxy) is 1. The molecule has 5 nitrogen and oxygen atoms in total. The van der Waals surface area contributed by atoms with Gasteiger partial charge in [-0.2, -0.15) is 5.10 Å². The van der Waals surface area contributed by atoms with Crippen LogP contribution in [-0.4, -0.2) is 21.1 Å². The Bertz CT molecular complexity index is 583. The molecule has 0 aliphatic heterocycles. The Morgan fingerprint density at radius 2 is 2.21 bits per heavy atom. The second-order valence-corrected chi connectivity index (χ2v) is 4.92. The molecular weight excluding hydrogens is 266 g/mol. The predicted octanol–water partition coefficient (Wildman–Crippen LogP) is 2.27. The summed E-state index contributed by atoms with van der Waals surface area (Å²) in [5.74, 6) is 0.571. The van der Waals surface area contributed by atoms with Gasteiger partial charge in [-0.3, -0.25) is 4.79 Å². The lowest BCUT2D eigenvalue weighted by Gasteiger charge is -2.29. The van der Waals surface area contributed by atoms with Crippen molar-refractivity contribution in [3.8, 4) is 5.75 Å². The van der Waals surface area contributed by atoms with Crippen LogP contribution in [0.25, 0.3) is 0 Å². The Hall–Kier alpha value is -1.88. The quantitative estimate of drug-likeness (QED) is 0.787. The Morgan fingerprint density at radius 1 is 1.42 bits per heavy atom. The molecule has 1 aliphatic carbocycles. The first-order valence-electron chi connectivity index (χ1n) is 6.01. The van der Waals surface area contributed by atoms with Gasteiger partial charge in [0, 0.05) is 5.92 Å². The molecule has 0 bridgehead atoms. The molecule has 0 saturated heterocycles. The van der Waals surface area contributed by atoms with E-state index in [0.29, 0.717) is 10.8 Å². The number of nitrogens with zero attached hydrogens (tertiary/aromatic N) is 3. The summed E-state index contributed by atoms with van der Waals surface area (Å²) in [5.41, 5.74) is -1.15. The first-order chi connectivity index (χ1) is 9.26. The Kier molecular flexibility index (Phi) is 2.98. The summed E-state index contributed by atoms with van der Waals surface area (Å²) in [6.45, 7) is 0. The molecule has 6 heteroatoms. The highest BCUT2D eigenvalue weighted by Crippen LogP contribution is 2.44. The van der Waals surface area contributed by atoms with Crippen molar-refractivity contribution in [3.63, 3.8) is 0 Å². The summed E-state index contributed by atoms with van der Waals surface area (Å²) >= 11 is 6.09. The fraction of sp³-hybridized carbons (Fsp3) is 0.308. The van der Waals surface area contributed by atoms with Crippen molar-refractivity contribution >= 4 is 17.9 Å². The van der Waals surface area contributed by atoms with Crippen LogP contribution >= 0.6 is 11.6 Å². The average Bonchev–Trinajstić information content (AvgIpc) is 3.13. The van der Waals surface area contributed by atoms with Crippen LogP contribution < -0.4 is 4.74 Å². The first-order valence-corrected chi connectivity index (χ1v) is 6.39. The summed E-state index contributed by atoms with van der Waals surface area (Å²) in [4.78, 5) is 15.6. The molecule has 1 aromatic heterocycles. The van der Waals surface area contributed by atoms with E-state index in [-0.39, 0.29) is 5.92 Å². The molecule has 1 fully saturated rings. The van der Waals surface area contributed by atoms with Crippen molar-refractivity contribution in [1.82, 2.24) is 14.8 Å². The monoisotopic (exact) mass is 277 g/mol. The minimum absolute atomic E-state index is 0.1000. The fourth-order valence-electron chi connectivity index (χ4n) is 2.08. The molecule has 1 atom stereocenters. The van der Waals surface area contributed by atoms with Gasteiger partial charge in [-0.1, -0.05) is 23.7 Å². The molecule has 0 amide bonds.